The van der Waals surface area contributed by atoms with Crippen LogP contribution in [0.2, 0.25) is 0 Å². The second-order valence-corrected chi connectivity index (χ2v) is 9.41. The Hall–Kier alpha value is -3.08. The summed E-state index contributed by atoms with van der Waals surface area (Å²) in [6.45, 7) is 3.43. The number of anilines is 1. The SMILES string of the molecule is Cc1cccc(NC(=O)CCc2nc(-c3ccc(S(=O)(=O)N4CCOCC4)cc3)no2)c1. The van der Waals surface area contributed by atoms with Gasteiger partial charge in [-0.25, -0.2) is 8.42 Å². The summed E-state index contributed by atoms with van der Waals surface area (Å²) in [5.41, 5.74) is 2.44. The summed E-state index contributed by atoms with van der Waals surface area (Å²) in [5, 5.41) is 6.79. The van der Waals surface area contributed by atoms with Gasteiger partial charge in [0.25, 0.3) is 0 Å². The minimum Gasteiger partial charge on any atom is -0.379 e. The van der Waals surface area contributed by atoms with E-state index in [-0.39, 0.29) is 17.2 Å². The van der Waals surface area contributed by atoms with Crippen LogP contribution in [0.3, 0.4) is 0 Å². The fourth-order valence-corrected chi connectivity index (χ4v) is 4.76. The molecule has 1 fully saturated rings. The van der Waals surface area contributed by atoms with E-state index >= 15 is 0 Å². The van der Waals surface area contributed by atoms with Gasteiger partial charge < -0.3 is 14.6 Å². The van der Waals surface area contributed by atoms with Crippen molar-refractivity contribution < 1.29 is 22.5 Å². The Labute approximate surface area is 186 Å². The maximum Gasteiger partial charge on any atom is 0.243 e. The first-order valence-corrected chi connectivity index (χ1v) is 11.7. The van der Waals surface area contributed by atoms with Crippen LogP contribution in [0.5, 0.6) is 0 Å². The fourth-order valence-electron chi connectivity index (χ4n) is 3.35. The lowest BCUT2D eigenvalue weighted by Crippen LogP contribution is -2.40. The van der Waals surface area contributed by atoms with Crippen molar-refractivity contribution in [3.8, 4) is 11.4 Å². The maximum atomic E-state index is 12.7. The molecule has 9 nitrogen and oxygen atoms in total. The molecule has 2 heterocycles. The van der Waals surface area contributed by atoms with Gasteiger partial charge in [0.2, 0.25) is 27.6 Å². The smallest absolute Gasteiger partial charge is 0.243 e. The first-order valence-electron chi connectivity index (χ1n) is 10.3. The number of aromatic nitrogens is 2. The molecule has 1 aromatic heterocycles. The van der Waals surface area contributed by atoms with Crippen LogP contribution in [0.25, 0.3) is 11.4 Å². The van der Waals surface area contributed by atoms with E-state index in [2.05, 4.69) is 15.5 Å². The molecule has 3 aromatic rings. The third-order valence-corrected chi connectivity index (χ3v) is 6.97. The zero-order valence-electron chi connectivity index (χ0n) is 17.7. The molecule has 1 aliphatic rings. The van der Waals surface area contributed by atoms with Crippen molar-refractivity contribution in [1.29, 1.82) is 0 Å². The standard InChI is InChI=1S/C22H24N4O5S/c1-16-3-2-4-18(15-16)23-20(27)9-10-21-24-22(25-31-21)17-5-7-19(8-6-17)32(28,29)26-11-13-30-14-12-26/h2-8,15H,9-14H2,1H3,(H,23,27). The van der Waals surface area contributed by atoms with Crippen molar-refractivity contribution in [2.45, 2.75) is 24.7 Å². The van der Waals surface area contributed by atoms with Gasteiger partial charge in [-0.2, -0.15) is 9.29 Å². The van der Waals surface area contributed by atoms with E-state index in [0.29, 0.717) is 50.0 Å². The van der Waals surface area contributed by atoms with Crippen molar-refractivity contribution in [2.75, 3.05) is 31.6 Å². The predicted molar refractivity (Wildman–Crippen MR) is 117 cm³/mol. The Bertz CT molecular complexity index is 1190. The Kier molecular flexibility index (Phi) is 6.63. The fraction of sp³-hybridized carbons (Fsp3) is 0.318. The molecule has 0 aliphatic carbocycles. The molecular formula is C22H24N4O5S. The minimum atomic E-state index is -3.56. The van der Waals surface area contributed by atoms with Crippen LogP contribution in [0.15, 0.2) is 57.9 Å². The molecule has 1 N–H and O–H groups in total. The number of hydrogen-bond acceptors (Lipinski definition) is 7. The van der Waals surface area contributed by atoms with Crippen LogP contribution < -0.4 is 5.32 Å². The first-order chi connectivity index (χ1) is 15.4. The van der Waals surface area contributed by atoms with Gasteiger partial charge in [-0.1, -0.05) is 17.3 Å². The Morgan fingerprint density at radius 1 is 1.12 bits per heavy atom. The van der Waals surface area contributed by atoms with E-state index in [4.69, 9.17) is 9.26 Å². The van der Waals surface area contributed by atoms with Gasteiger partial charge in [-0.15, -0.1) is 0 Å². The predicted octanol–water partition coefficient (Wildman–Crippen LogP) is 2.64. The second kappa shape index (κ2) is 9.60. The Morgan fingerprint density at radius 3 is 2.59 bits per heavy atom. The molecule has 0 atom stereocenters. The van der Waals surface area contributed by atoms with Crippen molar-refractivity contribution >= 4 is 21.6 Å². The number of carbonyl (C=O) groups is 1. The second-order valence-electron chi connectivity index (χ2n) is 7.47. The van der Waals surface area contributed by atoms with Crippen molar-refractivity contribution in [3.63, 3.8) is 0 Å². The third-order valence-electron chi connectivity index (χ3n) is 5.06. The first kappa shape index (κ1) is 22.1. The number of sulfonamides is 1. The van der Waals surface area contributed by atoms with Crippen LogP contribution in [-0.4, -0.2) is 55.1 Å². The summed E-state index contributed by atoms with van der Waals surface area (Å²) >= 11 is 0. The molecule has 1 amide bonds. The lowest BCUT2D eigenvalue weighted by atomic mass is 10.2. The zero-order chi connectivity index (χ0) is 22.6. The van der Waals surface area contributed by atoms with E-state index < -0.39 is 10.0 Å². The highest BCUT2D eigenvalue weighted by Gasteiger charge is 2.26. The monoisotopic (exact) mass is 456 g/mol. The van der Waals surface area contributed by atoms with E-state index in [1.54, 1.807) is 12.1 Å². The number of aryl methyl sites for hydroxylation is 2. The van der Waals surface area contributed by atoms with Crippen LogP contribution in [-0.2, 0) is 26.0 Å². The van der Waals surface area contributed by atoms with E-state index in [1.165, 1.54) is 16.4 Å². The molecule has 32 heavy (non-hydrogen) atoms. The number of nitrogens with zero attached hydrogens (tertiary/aromatic N) is 3. The van der Waals surface area contributed by atoms with Gasteiger partial charge in [0.1, 0.15) is 0 Å². The number of amides is 1. The molecule has 4 rings (SSSR count). The van der Waals surface area contributed by atoms with Crippen molar-refractivity contribution in [2.24, 2.45) is 0 Å². The number of rotatable bonds is 7. The highest BCUT2D eigenvalue weighted by Crippen LogP contribution is 2.22. The molecule has 10 heteroatoms. The summed E-state index contributed by atoms with van der Waals surface area (Å²) in [5.74, 6) is 0.534. The van der Waals surface area contributed by atoms with E-state index in [9.17, 15) is 13.2 Å². The Balaban J connectivity index is 1.36. The molecule has 1 aliphatic heterocycles. The van der Waals surface area contributed by atoms with Crippen LogP contribution in [0.1, 0.15) is 17.9 Å². The largest absolute Gasteiger partial charge is 0.379 e. The molecule has 2 aromatic carbocycles. The van der Waals surface area contributed by atoms with Gasteiger partial charge >= 0.3 is 0 Å². The number of carbonyl (C=O) groups excluding carboxylic acids is 1. The highest BCUT2D eigenvalue weighted by atomic mass is 32.2. The number of ether oxygens (including phenoxy) is 1. The molecule has 0 saturated carbocycles. The number of morpholine rings is 1. The van der Waals surface area contributed by atoms with Gasteiger partial charge in [0.15, 0.2) is 0 Å². The van der Waals surface area contributed by atoms with Gasteiger partial charge in [-0.05, 0) is 48.9 Å². The van der Waals surface area contributed by atoms with Gasteiger partial charge in [0.05, 0.1) is 18.1 Å². The average molecular weight is 457 g/mol. The molecule has 0 radical (unpaired) electrons. The van der Waals surface area contributed by atoms with E-state index in [1.807, 2.05) is 31.2 Å². The minimum absolute atomic E-state index is 0.145. The van der Waals surface area contributed by atoms with Crippen LogP contribution >= 0.6 is 0 Å². The summed E-state index contributed by atoms with van der Waals surface area (Å²) in [7, 11) is -3.56. The van der Waals surface area contributed by atoms with Crippen molar-refractivity contribution in [1.82, 2.24) is 14.4 Å². The molecule has 0 bridgehead atoms. The zero-order valence-corrected chi connectivity index (χ0v) is 18.5. The van der Waals surface area contributed by atoms with Crippen LogP contribution in [0.4, 0.5) is 5.69 Å². The van der Waals surface area contributed by atoms with E-state index in [0.717, 1.165) is 11.3 Å². The van der Waals surface area contributed by atoms with Crippen LogP contribution in [0, 0.1) is 6.92 Å². The molecule has 168 valence electrons. The molecular weight excluding hydrogens is 432 g/mol. The lowest BCUT2D eigenvalue weighted by molar-refractivity contribution is -0.116. The topological polar surface area (TPSA) is 115 Å². The average Bonchev–Trinajstić information content (AvgIpc) is 3.28. The number of nitrogens with one attached hydrogen (secondary N) is 1. The Morgan fingerprint density at radius 2 is 1.88 bits per heavy atom. The quantitative estimate of drug-likeness (QED) is 0.581. The molecule has 0 spiro atoms. The maximum absolute atomic E-state index is 12.7. The normalized spacial score (nSPS) is 14.9. The number of benzene rings is 2. The van der Waals surface area contributed by atoms with Gasteiger partial charge in [-0.3, -0.25) is 4.79 Å². The van der Waals surface area contributed by atoms with Gasteiger partial charge in [0, 0.05) is 37.2 Å². The highest BCUT2D eigenvalue weighted by molar-refractivity contribution is 7.89. The summed E-state index contributed by atoms with van der Waals surface area (Å²) in [4.78, 5) is 16.7. The molecule has 0 unspecified atom stereocenters. The summed E-state index contributed by atoms with van der Waals surface area (Å²) in [6.07, 6.45) is 0.500. The molecule has 1 saturated heterocycles. The number of hydrogen-bond donors (Lipinski definition) is 1. The third kappa shape index (κ3) is 5.21. The summed E-state index contributed by atoms with van der Waals surface area (Å²) in [6, 6.07) is 13.9. The lowest BCUT2D eigenvalue weighted by Gasteiger charge is -2.26. The van der Waals surface area contributed by atoms with Crippen molar-refractivity contribution in [3.05, 3.63) is 60.0 Å². The summed E-state index contributed by atoms with van der Waals surface area (Å²) < 4.78 is 37.3.